The van der Waals surface area contributed by atoms with Gasteiger partial charge in [-0.2, -0.15) is 5.56 Å². The first-order valence-electron chi connectivity index (χ1n) is 10.7. The number of aliphatic hydroxyl groups is 1. The molecule has 4 aliphatic carbocycles. The minimum absolute atomic E-state index is 0. The molecule has 4 aliphatic rings. The number of aliphatic hydroxyl groups excluding tert-OH is 1. The van der Waals surface area contributed by atoms with Crippen LogP contribution < -0.4 is 0 Å². The molecule has 29 heavy (non-hydrogen) atoms. The minimum atomic E-state index is 0. The van der Waals surface area contributed by atoms with Crippen LogP contribution in [0.15, 0.2) is 30.3 Å². The van der Waals surface area contributed by atoms with E-state index < -0.39 is 0 Å². The third-order valence-corrected chi connectivity index (χ3v) is 5.90. The molecule has 3 nitrogen and oxygen atoms in total. The van der Waals surface area contributed by atoms with E-state index in [0.29, 0.717) is 12.1 Å². The number of rotatable bonds is 3. The summed E-state index contributed by atoms with van der Waals surface area (Å²) in [6.45, 7) is 7.76. The van der Waals surface area contributed by atoms with Crippen molar-refractivity contribution >= 4 is 18.1 Å². The van der Waals surface area contributed by atoms with Crippen LogP contribution in [0.4, 0.5) is 0 Å². The topological polar surface area (TPSA) is 54.4 Å². The summed E-state index contributed by atoms with van der Waals surface area (Å²) in [7, 11) is 0. The number of Topliss-reactive ketones (excluding diaryl/α,β-unsaturated/α-hetero) is 1. The molecule has 1 aromatic carbocycles. The molecule has 4 heteroatoms. The SMILES string of the molecule is CC.CC(=O)C12CC3CC(CC(C3)C1)C2.CCO.O=C[C-]=Cc1ccccc1.[Y]. The van der Waals surface area contributed by atoms with Gasteiger partial charge in [0.2, 0.25) is 0 Å². The van der Waals surface area contributed by atoms with Gasteiger partial charge in [-0.3, -0.25) is 4.79 Å². The van der Waals surface area contributed by atoms with Gasteiger partial charge in [-0.05, 0) is 70.1 Å². The number of benzene rings is 1. The predicted molar refractivity (Wildman–Crippen MR) is 116 cm³/mol. The molecule has 0 amide bonds. The summed E-state index contributed by atoms with van der Waals surface area (Å²) in [4.78, 5) is 21.5. The van der Waals surface area contributed by atoms with Crippen LogP contribution >= 0.6 is 0 Å². The summed E-state index contributed by atoms with van der Waals surface area (Å²) >= 11 is 0. The molecule has 4 saturated carbocycles. The number of hydrogen-bond acceptors (Lipinski definition) is 3. The molecule has 0 spiro atoms. The van der Waals surface area contributed by atoms with Crippen molar-refractivity contribution in [2.45, 2.75) is 66.2 Å². The quantitative estimate of drug-likeness (QED) is 0.357. The first kappa shape index (κ1) is 28.4. The Hall–Kier alpha value is -0.636. The average molecular weight is 474 g/mol. The molecular formula is C25H37O3Y-. The fourth-order valence-electron chi connectivity index (χ4n) is 5.22. The molecule has 4 bridgehead atoms. The smallest absolute Gasteiger partial charge is 0.135 e. The Balaban J connectivity index is 0.000000442. The summed E-state index contributed by atoms with van der Waals surface area (Å²) in [5.74, 6) is 3.23. The van der Waals surface area contributed by atoms with E-state index >= 15 is 0 Å². The molecule has 1 N–H and O–H groups in total. The average Bonchev–Trinajstić information content (AvgIpc) is 2.69. The van der Waals surface area contributed by atoms with E-state index in [1.54, 1.807) is 13.0 Å². The van der Waals surface area contributed by atoms with Crippen LogP contribution in [-0.4, -0.2) is 23.8 Å². The van der Waals surface area contributed by atoms with Crippen molar-refractivity contribution < 1.29 is 47.4 Å². The van der Waals surface area contributed by atoms with Crippen molar-refractivity contribution in [3.8, 4) is 0 Å². The van der Waals surface area contributed by atoms with E-state index in [1.165, 1.54) is 38.5 Å². The molecule has 0 aromatic heterocycles. The summed E-state index contributed by atoms with van der Waals surface area (Å²) in [5, 5.41) is 7.57. The number of carbonyl (C=O) groups excluding carboxylic acids is 2. The number of aldehydes is 1. The van der Waals surface area contributed by atoms with Gasteiger partial charge in [-0.15, -0.1) is 12.1 Å². The Bertz CT molecular complexity index is 574. The van der Waals surface area contributed by atoms with E-state index in [9.17, 15) is 9.59 Å². The Morgan fingerprint density at radius 2 is 1.48 bits per heavy atom. The molecule has 1 aromatic rings. The number of allylic oxidation sites excluding steroid dienone is 1. The molecule has 0 aliphatic heterocycles. The molecule has 0 saturated heterocycles. The second kappa shape index (κ2) is 15.2. The van der Waals surface area contributed by atoms with Gasteiger partial charge in [0, 0.05) is 44.7 Å². The Labute approximate surface area is 202 Å². The normalized spacial score (nSPS) is 27.8. The van der Waals surface area contributed by atoms with Gasteiger partial charge in [0.15, 0.2) is 0 Å². The summed E-state index contributed by atoms with van der Waals surface area (Å²) in [6, 6.07) is 9.59. The first-order chi connectivity index (χ1) is 13.5. The van der Waals surface area contributed by atoms with E-state index in [4.69, 9.17) is 5.11 Å². The predicted octanol–water partition coefficient (Wildman–Crippen LogP) is 5.52. The molecule has 159 valence electrons. The number of carbonyl (C=O) groups is 2. The largest absolute Gasteiger partial charge is 0.397 e. The van der Waals surface area contributed by atoms with Gasteiger partial charge in [-0.1, -0.05) is 32.0 Å². The Morgan fingerprint density at radius 3 is 1.83 bits per heavy atom. The summed E-state index contributed by atoms with van der Waals surface area (Å²) < 4.78 is 0. The van der Waals surface area contributed by atoms with E-state index in [0.717, 1.165) is 23.3 Å². The maximum absolute atomic E-state index is 11.7. The summed E-state index contributed by atoms with van der Waals surface area (Å²) in [5.41, 5.74) is 1.16. The van der Waals surface area contributed by atoms with Crippen LogP contribution in [0.1, 0.15) is 71.8 Å². The van der Waals surface area contributed by atoms with Crippen molar-refractivity contribution in [3.05, 3.63) is 42.0 Å². The zero-order valence-corrected chi connectivity index (χ0v) is 21.4. The van der Waals surface area contributed by atoms with Crippen LogP contribution in [-0.2, 0) is 42.3 Å². The van der Waals surface area contributed by atoms with Crippen molar-refractivity contribution in [1.82, 2.24) is 0 Å². The van der Waals surface area contributed by atoms with E-state index in [-0.39, 0.29) is 44.7 Å². The van der Waals surface area contributed by atoms with Crippen LogP contribution in [0.2, 0.25) is 0 Å². The maximum Gasteiger partial charge on any atom is 0.135 e. The Kier molecular flexibility index (Phi) is 14.9. The van der Waals surface area contributed by atoms with Crippen LogP contribution in [0.25, 0.3) is 6.08 Å². The summed E-state index contributed by atoms with van der Waals surface area (Å²) in [6.07, 6.45) is 12.8. The molecule has 1 radical (unpaired) electrons. The molecule has 0 heterocycles. The van der Waals surface area contributed by atoms with Crippen molar-refractivity contribution in [3.63, 3.8) is 0 Å². The van der Waals surface area contributed by atoms with Gasteiger partial charge in [0.1, 0.15) is 5.78 Å². The fourth-order valence-corrected chi connectivity index (χ4v) is 5.22. The zero-order valence-electron chi connectivity index (χ0n) is 18.6. The van der Waals surface area contributed by atoms with Gasteiger partial charge in [0.05, 0.1) is 6.29 Å². The van der Waals surface area contributed by atoms with Crippen molar-refractivity contribution in [1.29, 1.82) is 0 Å². The first-order valence-corrected chi connectivity index (χ1v) is 10.7. The number of ketones is 1. The third-order valence-electron chi connectivity index (χ3n) is 5.90. The van der Waals surface area contributed by atoms with Gasteiger partial charge in [0.25, 0.3) is 0 Å². The molecule has 5 rings (SSSR count). The van der Waals surface area contributed by atoms with Crippen molar-refractivity contribution in [2.24, 2.45) is 23.2 Å². The molecule has 4 fully saturated rings. The molecule has 0 unspecified atom stereocenters. The second-order valence-corrected chi connectivity index (χ2v) is 7.91. The van der Waals surface area contributed by atoms with E-state index in [1.807, 2.05) is 51.1 Å². The monoisotopic (exact) mass is 474 g/mol. The van der Waals surface area contributed by atoms with Crippen LogP contribution in [0.3, 0.4) is 0 Å². The fraction of sp³-hybridized carbons (Fsp3) is 0.600. The van der Waals surface area contributed by atoms with E-state index in [2.05, 4.69) is 6.08 Å². The maximum atomic E-state index is 11.7. The van der Waals surface area contributed by atoms with Crippen molar-refractivity contribution in [2.75, 3.05) is 6.61 Å². The zero-order chi connectivity index (χ0) is 21.0. The van der Waals surface area contributed by atoms with Crippen LogP contribution in [0, 0.1) is 29.2 Å². The van der Waals surface area contributed by atoms with Crippen LogP contribution in [0.5, 0.6) is 0 Å². The van der Waals surface area contributed by atoms with Gasteiger partial charge >= 0.3 is 0 Å². The standard InChI is InChI=1S/C12H18O.C9H7O.C2H6O.C2H6.Y/c1-8(13)12-5-9-2-10(6-12)4-11(3-9)7-12;10-8-4-7-9-5-2-1-3-6-9;1-2-3;1-2;/h9-11H,2-7H2,1H3;1-3,5-8H;3H,2H2,1H3;1-2H3;/q;-1;;;. The third kappa shape index (κ3) is 8.94. The minimum Gasteiger partial charge on any atom is -0.397 e. The molecular weight excluding hydrogens is 437 g/mol. The van der Waals surface area contributed by atoms with Gasteiger partial charge < -0.3 is 9.90 Å². The number of hydrogen-bond donors (Lipinski definition) is 1. The van der Waals surface area contributed by atoms with Gasteiger partial charge in [-0.25, -0.2) is 12.2 Å². The molecule has 0 atom stereocenters. The Morgan fingerprint density at radius 1 is 1.07 bits per heavy atom. The second-order valence-electron chi connectivity index (χ2n) is 7.91.